The van der Waals surface area contributed by atoms with Gasteiger partial charge in [0.1, 0.15) is 0 Å². The van der Waals surface area contributed by atoms with Gasteiger partial charge in [-0.05, 0) is 29.6 Å². The van der Waals surface area contributed by atoms with Gasteiger partial charge < -0.3 is 4.90 Å². The van der Waals surface area contributed by atoms with Crippen molar-refractivity contribution in [3.8, 4) is 6.07 Å². The van der Waals surface area contributed by atoms with Gasteiger partial charge in [-0.25, -0.2) is 0 Å². The normalized spacial score (nSPS) is 9.78. The number of carbonyl (C=O) groups is 1. The molecule has 0 saturated carbocycles. The second-order valence-electron chi connectivity index (χ2n) is 3.69. The lowest BCUT2D eigenvalue weighted by Crippen LogP contribution is -2.25. The van der Waals surface area contributed by atoms with Crippen molar-refractivity contribution >= 4 is 22.2 Å². The van der Waals surface area contributed by atoms with Crippen LogP contribution in [0.3, 0.4) is 0 Å². The topological polar surface area (TPSA) is 57.0 Å². The number of pyridine rings is 1. The predicted molar refractivity (Wildman–Crippen MR) is 70.6 cm³/mol. The van der Waals surface area contributed by atoms with Crippen molar-refractivity contribution in [1.82, 2.24) is 4.98 Å². The van der Waals surface area contributed by atoms with Crippen LogP contribution in [0.5, 0.6) is 0 Å². The fourth-order valence-electron chi connectivity index (χ4n) is 1.54. The summed E-state index contributed by atoms with van der Waals surface area (Å²) in [5.74, 6) is -0.0981. The molecule has 2 rings (SSSR count). The smallest absolute Gasteiger partial charge is 0.258 e. The van der Waals surface area contributed by atoms with E-state index in [0.717, 1.165) is 5.00 Å². The number of thiophene rings is 1. The third-order valence-electron chi connectivity index (χ3n) is 2.47. The van der Waals surface area contributed by atoms with E-state index in [9.17, 15) is 4.79 Å². The molecule has 0 aliphatic heterocycles. The van der Waals surface area contributed by atoms with Crippen LogP contribution >= 0.6 is 11.3 Å². The zero-order valence-electron chi connectivity index (χ0n) is 9.83. The number of amides is 1. The third-order valence-corrected chi connectivity index (χ3v) is 3.41. The molecule has 0 atom stereocenters. The Kier molecular flexibility index (Phi) is 3.70. The molecule has 2 heterocycles. The van der Waals surface area contributed by atoms with Crippen molar-refractivity contribution in [3.05, 3.63) is 47.1 Å². The number of rotatable bonds is 3. The third kappa shape index (κ3) is 2.55. The Balaban J connectivity index is 2.24. The highest BCUT2D eigenvalue weighted by Gasteiger charge is 2.14. The monoisotopic (exact) mass is 257 g/mol. The number of aromatic nitrogens is 1. The van der Waals surface area contributed by atoms with E-state index < -0.39 is 0 Å². The highest BCUT2D eigenvalue weighted by atomic mass is 32.1. The Morgan fingerprint density at radius 2 is 2.39 bits per heavy atom. The van der Waals surface area contributed by atoms with E-state index >= 15 is 0 Å². The minimum Gasteiger partial charge on any atom is -0.303 e. The number of nitriles is 1. The Hall–Kier alpha value is -2.19. The fraction of sp³-hybridized carbons (Fsp3) is 0.154. The van der Waals surface area contributed by atoms with E-state index in [1.807, 2.05) is 23.6 Å². The van der Waals surface area contributed by atoms with Crippen LogP contribution in [0.25, 0.3) is 0 Å². The van der Waals surface area contributed by atoms with Gasteiger partial charge in [-0.3, -0.25) is 9.78 Å². The van der Waals surface area contributed by atoms with E-state index in [-0.39, 0.29) is 12.3 Å². The summed E-state index contributed by atoms with van der Waals surface area (Å²) < 4.78 is 0. The Morgan fingerprint density at radius 3 is 3.06 bits per heavy atom. The molecule has 2 aromatic rings. The summed E-state index contributed by atoms with van der Waals surface area (Å²) >= 11 is 1.51. The highest BCUT2D eigenvalue weighted by molar-refractivity contribution is 7.14. The van der Waals surface area contributed by atoms with Crippen LogP contribution in [0, 0.1) is 11.3 Å². The van der Waals surface area contributed by atoms with Crippen LogP contribution in [0.2, 0.25) is 0 Å². The lowest BCUT2D eigenvalue weighted by Gasteiger charge is -2.15. The molecular weight excluding hydrogens is 246 g/mol. The molecule has 0 aliphatic rings. The summed E-state index contributed by atoms with van der Waals surface area (Å²) in [6, 6.07) is 9.13. The minimum absolute atomic E-state index is 0.0981. The highest BCUT2D eigenvalue weighted by Crippen LogP contribution is 2.21. The summed E-state index contributed by atoms with van der Waals surface area (Å²) in [6.07, 6.45) is 1.77. The first-order chi connectivity index (χ1) is 8.72. The lowest BCUT2D eigenvalue weighted by atomic mass is 10.2. The summed E-state index contributed by atoms with van der Waals surface area (Å²) in [5.41, 5.74) is 1.16. The van der Waals surface area contributed by atoms with Crippen LogP contribution in [0.4, 0.5) is 5.00 Å². The number of anilines is 1. The average molecular weight is 257 g/mol. The molecule has 4 nitrogen and oxygen atoms in total. The Morgan fingerprint density at radius 1 is 1.56 bits per heavy atom. The molecule has 90 valence electrons. The summed E-state index contributed by atoms with van der Waals surface area (Å²) in [7, 11) is 1.73. The van der Waals surface area contributed by atoms with Gasteiger partial charge in [0.15, 0.2) is 0 Å². The van der Waals surface area contributed by atoms with Gasteiger partial charge >= 0.3 is 0 Å². The molecule has 0 fully saturated rings. The average Bonchev–Trinajstić information content (AvgIpc) is 2.91. The molecule has 18 heavy (non-hydrogen) atoms. The maximum atomic E-state index is 12.2. The van der Waals surface area contributed by atoms with E-state index in [0.29, 0.717) is 11.3 Å². The van der Waals surface area contributed by atoms with Gasteiger partial charge in [0.2, 0.25) is 0 Å². The molecule has 0 unspecified atom stereocenters. The standard InChI is InChI=1S/C13H11N3OS/c1-16(12-3-2-8-18-12)13(17)10-5-7-15-11(9-10)4-6-14/h2-3,5,7-9H,4H2,1H3. The van der Waals surface area contributed by atoms with Crippen LogP contribution in [-0.4, -0.2) is 17.9 Å². The number of carbonyl (C=O) groups excluding carboxylic acids is 1. The summed E-state index contributed by atoms with van der Waals surface area (Å²) in [5, 5.41) is 11.4. The molecule has 5 heteroatoms. The summed E-state index contributed by atoms with van der Waals surface area (Å²) in [6.45, 7) is 0. The van der Waals surface area contributed by atoms with Crippen LogP contribution in [0.15, 0.2) is 35.8 Å². The zero-order chi connectivity index (χ0) is 13.0. The van der Waals surface area contributed by atoms with Gasteiger partial charge in [0.25, 0.3) is 5.91 Å². The van der Waals surface area contributed by atoms with Gasteiger partial charge in [0.05, 0.1) is 23.2 Å². The summed E-state index contributed by atoms with van der Waals surface area (Å²) in [4.78, 5) is 17.9. The van der Waals surface area contributed by atoms with Gasteiger partial charge in [-0.15, -0.1) is 11.3 Å². The van der Waals surface area contributed by atoms with Crippen LogP contribution in [-0.2, 0) is 6.42 Å². The molecule has 2 aromatic heterocycles. The number of nitrogens with zero attached hydrogens (tertiary/aromatic N) is 3. The SMILES string of the molecule is CN(C(=O)c1ccnc(CC#N)c1)c1cccs1. The molecule has 0 radical (unpaired) electrons. The maximum Gasteiger partial charge on any atom is 0.258 e. The molecule has 0 saturated heterocycles. The largest absolute Gasteiger partial charge is 0.303 e. The second kappa shape index (κ2) is 5.43. The van der Waals surface area contributed by atoms with E-state index in [1.165, 1.54) is 11.3 Å². The lowest BCUT2D eigenvalue weighted by molar-refractivity contribution is 0.0993. The van der Waals surface area contributed by atoms with Crippen LogP contribution in [0.1, 0.15) is 16.1 Å². The molecule has 0 aromatic carbocycles. The number of hydrogen-bond acceptors (Lipinski definition) is 4. The van der Waals surface area contributed by atoms with Gasteiger partial charge in [-0.1, -0.05) is 0 Å². The first kappa shape index (κ1) is 12.3. The first-order valence-electron chi connectivity index (χ1n) is 5.36. The van der Waals surface area contributed by atoms with Crippen molar-refractivity contribution in [3.63, 3.8) is 0 Å². The van der Waals surface area contributed by atoms with Crippen molar-refractivity contribution < 1.29 is 4.79 Å². The molecule has 0 spiro atoms. The Labute approximate surface area is 109 Å². The molecule has 0 aliphatic carbocycles. The molecular formula is C13H11N3OS. The van der Waals surface area contributed by atoms with E-state index in [2.05, 4.69) is 4.98 Å². The van der Waals surface area contributed by atoms with Crippen molar-refractivity contribution in [2.24, 2.45) is 0 Å². The second-order valence-corrected chi connectivity index (χ2v) is 4.61. The van der Waals surface area contributed by atoms with Crippen LogP contribution < -0.4 is 4.90 Å². The molecule has 1 amide bonds. The quantitative estimate of drug-likeness (QED) is 0.848. The Bertz CT molecular complexity index is 587. The minimum atomic E-state index is -0.0981. The predicted octanol–water partition coefficient (Wildman–Crippen LogP) is 2.49. The number of hydrogen-bond donors (Lipinski definition) is 0. The van der Waals surface area contributed by atoms with Crippen molar-refractivity contribution in [1.29, 1.82) is 5.26 Å². The molecule has 0 N–H and O–H groups in total. The van der Waals surface area contributed by atoms with Gasteiger partial charge in [0, 0.05) is 18.8 Å². The zero-order valence-corrected chi connectivity index (χ0v) is 10.6. The van der Waals surface area contributed by atoms with Crippen molar-refractivity contribution in [2.45, 2.75) is 6.42 Å². The van der Waals surface area contributed by atoms with Crippen molar-refractivity contribution in [2.75, 3.05) is 11.9 Å². The maximum absolute atomic E-state index is 12.2. The fourth-order valence-corrected chi connectivity index (χ4v) is 2.24. The van der Waals surface area contributed by atoms with E-state index in [4.69, 9.17) is 5.26 Å². The van der Waals surface area contributed by atoms with E-state index in [1.54, 1.807) is 30.3 Å². The van der Waals surface area contributed by atoms with Gasteiger partial charge in [-0.2, -0.15) is 5.26 Å². The first-order valence-corrected chi connectivity index (χ1v) is 6.24. The molecule has 0 bridgehead atoms.